The SMILES string of the molecule is CCCC1CCCCCCCC(C)C2=C1SCCN2. The molecule has 0 spiro atoms. The van der Waals surface area contributed by atoms with Crippen LogP contribution in [0.5, 0.6) is 0 Å². The van der Waals surface area contributed by atoms with Crippen molar-refractivity contribution in [2.75, 3.05) is 12.3 Å². The first kappa shape index (κ1) is 15.3. The van der Waals surface area contributed by atoms with Crippen molar-refractivity contribution in [1.29, 1.82) is 0 Å². The monoisotopic (exact) mass is 281 g/mol. The Labute approximate surface area is 124 Å². The van der Waals surface area contributed by atoms with E-state index in [1.165, 1.54) is 70.1 Å². The van der Waals surface area contributed by atoms with E-state index in [0.717, 1.165) is 11.8 Å². The van der Waals surface area contributed by atoms with E-state index in [2.05, 4.69) is 30.9 Å². The van der Waals surface area contributed by atoms with Gasteiger partial charge in [-0.3, -0.25) is 0 Å². The molecule has 0 saturated heterocycles. The van der Waals surface area contributed by atoms with Crippen molar-refractivity contribution in [1.82, 2.24) is 5.32 Å². The third-order valence-corrected chi connectivity index (χ3v) is 5.90. The van der Waals surface area contributed by atoms with Crippen LogP contribution in [0.4, 0.5) is 0 Å². The number of rotatable bonds is 2. The Morgan fingerprint density at radius 3 is 2.63 bits per heavy atom. The zero-order valence-corrected chi connectivity index (χ0v) is 13.7. The summed E-state index contributed by atoms with van der Waals surface area (Å²) in [6.45, 7) is 5.96. The largest absolute Gasteiger partial charge is 0.387 e. The minimum absolute atomic E-state index is 0.750. The molecular weight excluding hydrogens is 250 g/mol. The van der Waals surface area contributed by atoms with Crippen LogP contribution in [0.15, 0.2) is 10.6 Å². The van der Waals surface area contributed by atoms with Crippen LogP contribution in [0.2, 0.25) is 0 Å². The van der Waals surface area contributed by atoms with E-state index in [1.54, 1.807) is 10.6 Å². The molecule has 1 N–H and O–H groups in total. The quantitative estimate of drug-likeness (QED) is 0.734. The lowest BCUT2D eigenvalue weighted by atomic mass is 9.92. The Balaban J connectivity index is 2.18. The highest BCUT2D eigenvalue weighted by atomic mass is 32.2. The van der Waals surface area contributed by atoms with E-state index in [4.69, 9.17) is 0 Å². The lowest BCUT2D eigenvalue weighted by Crippen LogP contribution is -2.28. The summed E-state index contributed by atoms with van der Waals surface area (Å²) < 4.78 is 0. The highest BCUT2D eigenvalue weighted by Gasteiger charge is 2.24. The summed E-state index contributed by atoms with van der Waals surface area (Å²) in [6.07, 6.45) is 12.7. The topological polar surface area (TPSA) is 12.0 Å². The summed E-state index contributed by atoms with van der Waals surface area (Å²) in [5.41, 5.74) is 1.62. The number of thioether (sulfide) groups is 1. The molecule has 110 valence electrons. The smallest absolute Gasteiger partial charge is 0.0238 e. The van der Waals surface area contributed by atoms with Gasteiger partial charge in [0.2, 0.25) is 0 Å². The van der Waals surface area contributed by atoms with Gasteiger partial charge in [0.15, 0.2) is 0 Å². The van der Waals surface area contributed by atoms with Crippen LogP contribution in [0.25, 0.3) is 0 Å². The van der Waals surface area contributed by atoms with Crippen LogP contribution < -0.4 is 5.32 Å². The second-order valence-corrected chi connectivity index (χ2v) is 7.42. The average Bonchev–Trinajstić information content (AvgIpc) is 2.47. The van der Waals surface area contributed by atoms with Crippen LogP contribution >= 0.6 is 11.8 Å². The van der Waals surface area contributed by atoms with Crippen molar-refractivity contribution in [3.05, 3.63) is 10.6 Å². The predicted octanol–water partition coefficient (Wildman–Crippen LogP) is 5.33. The van der Waals surface area contributed by atoms with Crippen LogP contribution in [0, 0.1) is 11.8 Å². The molecule has 0 saturated carbocycles. The summed E-state index contributed by atoms with van der Waals surface area (Å²) in [4.78, 5) is 1.74. The summed E-state index contributed by atoms with van der Waals surface area (Å²) in [7, 11) is 0. The molecule has 19 heavy (non-hydrogen) atoms. The maximum atomic E-state index is 3.75. The molecule has 1 heterocycles. The molecule has 2 atom stereocenters. The van der Waals surface area contributed by atoms with Crippen molar-refractivity contribution >= 4 is 11.8 Å². The molecule has 0 fully saturated rings. The molecule has 0 bridgehead atoms. The van der Waals surface area contributed by atoms with Gasteiger partial charge in [-0.25, -0.2) is 0 Å². The number of nitrogens with one attached hydrogen (secondary N) is 1. The minimum atomic E-state index is 0.750. The van der Waals surface area contributed by atoms with E-state index in [1.807, 2.05) is 0 Å². The van der Waals surface area contributed by atoms with Crippen LogP contribution in [-0.2, 0) is 0 Å². The third-order valence-electron chi connectivity index (χ3n) is 4.63. The molecule has 0 radical (unpaired) electrons. The van der Waals surface area contributed by atoms with E-state index >= 15 is 0 Å². The van der Waals surface area contributed by atoms with Crippen molar-refractivity contribution in [2.45, 2.75) is 71.6 Å². The van der Waals surface area contributed by atoms with Gasteiger partial charge in [-0.1, -0.05) is 52.4 Å². The molecular formula is C17H31NS. The number of hydrogen-bond donors (Lipinski definition) is 1. The Bertz CT molecular complexity index is 298. The first-order valence-corrected chi connectivity index (χ1v) is 9.42. The van der Waals surface area contributed by atoms with Crippen LogP contribution in [0.3, 0.4) is 0 Å². The normalized spacial score (nSPS) is 30.2. The van der Waals surface area contributed by atoms with Gasteiger partial charge in [-0.2, -0.15) is 0 Å². The summed E-state index contributed by atoms with van der Waals surface area (Å²) in [5, 5.41) is 3.75. The second kappa shape index (κ2) is 8.24. The third kappa shape index (κ3) is 4.44. The van der Waals surface area contributed by atoms with Gasteiger partial charge in [0.1, 0.15) is 0 Å². The summed E-state index contributed by atoms with van der Waals surface area (Å²) in [5.74, 6) is 2.87. The molecule has 2 unspecified atom stereocenters. The zero-order valence-electron chi connectivity index (χ0n) is 12.8. The predicted molar refractivity (Wildman–Crippen MR) is 87.4 cm³/mol. The van der Waals surface area contributed by atoms with Crippen molar-refractivity contribution in [3.63, 3.8) is 0 Å². The Hall–Kier alpha value is -0.110. The van der Waals surface area contributed by atoms with Gasteiger partial charge < -0.3 is 5.32 Å². The summed E-state index contributed by atoms with van der Waals surface area (Å²) >= 11 is 2.16. The Kier molecular flexibility index (Phi) is 6.63. The van der Waals surface area contributed by atoms with E-state index in [9.17, 15) is 0 Å². The minimum Gasteiger partial charge on any atom is -0.387 e. The maximum Gasteiger partial charge on any atom is 0.0238 e. The van der Waals surface area contributed by atoms with Gasteiger partial charge in [0.05, 0.1) is 0 Å². The van der Waals surface area contributed by atoms with Gasteiger partial charge >= 0.3 is 0 Å². The highest BCUT2D eigenvalue weighted by molar-refractivity contribution is 8.03. The van der Waals surface area contributed by atoms with Gasteiger partial charge in [0, 0.05) is 22.9 Å². The Morgan fingerprint density at radius 2 is 1.84 bits per heavy atom. The molecule has 0 aromatic carbocycles. The maximum absolute atomic E-state index is 3.75. The van der Waals surface area contributed by atoms with E-state index in [0.29, 0.717) is 0 Å². The van der Waals surface area contributed by atoms with Crippen molar-refractivity contribution in [2.24, 2.45) is 11.8 Å². The highest BCUT2D eigenvalue weighted by Crippen LogP contribution is 2.39. The first-order valence-electron chi connectivity index (χ1n) is 8.43. The van der Waals surface area contributed by atoms with Crippen LogP contribution in [0.1, 0.15) is 71.6 Å². The second-order valence-electron chi connectivity index (χ2n) is 6.28. The van der Waals surface area contributed by atoms with Gasteiger partial charge in [-0.15, -0.1) is 11.8 Å². The molecule has 2 aliphatic rings. The summed E-state index contributed by atoms with van der Waals surface area (Å²) in [6, 6.07) is 0. The molecule has 1 aliphatic carbocycles. The molecule has 1 aliphatic heterocycles. The van der Waals surface area contributed by atoms with Gasteiger partial charge in [0.25, 0.3) is 0 Å². The molecule has 0 aromatic rings. The van der Waals surface area contributed by atoms with Crippen molar-refractivity contribution in [3.8, 4) is 0 Å². The molecule has 0 aromatic heterocycles. The Morgan fingerprint density at radius 1 is 1.11 bits per heavy atom. The standard InChI is InChI=1S/C17H31NS/c1-3-9-15-11-8-6-4-5-7-10-14(2)16-17(15)19-13-12-18-16/h14-15,18H,3-13H2,1-2H3. The molecule has 0 amide bonds. The lowest BCUT2D eigenvalue weighted by molar-refractivity contribution is 0.482. The fourth-order valence-corrected chi connectivity index (χ4v) is 4.86. The fourth-order valence-electron chi connectivity index (χ4n) is 3.54. The number of allylic oxidation sites excluding steroid dienone is 2. The van der Waals surface area contributed by atoms with E-state index in [-0.39, 0.29) is 0 Å². The molecule has 2 heteroatoms. The number of hydrogen-bond acceptors (Lipinski definition) is 2. The van der Waals surface area contributed by atoms with Crippen molar-refractivity contribution < 1.29 is 0 Å². The molecule has 1 nitrogen and oxygen atoms in total. The first-order chi connectivity index (χ1) is 9.33. The lowest BCUT2D eigenvalue weighted by Gasteiger charge is -2.30. The van der Waals surface area contributed by atoms with E-state index < -0.39 is 0 Å². The average molecular weight is 282 g/mol. The fraction of sp³-hybridized carbons (Fsp3) is 0.882. The molecule has 2 rings (SSSR count). The van der Waals surface area contributed by atoms with Gasteiger partial charge in [-0.05, 0) is 31.1 Å². The zero-order chi connectivity index (χ0) is 13.5. The van der Waals surface area contributed by atoms with Crippen LogP contribution in [-0.4, -0.2) is 12.3 Å².